The van der Waals surface area contributed by atoms with Crippen molar-refractivity contribution in [2.45, 2.75) is 6.18 Å². The topological polar surface area (TPSA) is 94.9 Å². The van der Waals surface area contributed by atoms with Crippen molar-refractivity contribution in [3.8, 4) is 0 Å². The van der Waals surface area contributed by atoms with Crippen LogP contribution in [-0.2, 0) is 11.0 Å². The molecule has 0 aliphatic heterocycles. The van der Waals surface area contributed by atoms with Gasteiger partial charge in [-0.1, -0.05) is 0 Å². The number of alkyl halides is 3. The summed E-state index contributed by atoms with van der Waals surface area (Å²) >= 11 is 0. The van der Waals surface area contributed by atoms with E-state index in [9.17, 15) is 18.0 Å². The van der Waals surface area contributed by atoms with E-state index < -0.39 is 23.7 Å². The molecule has 0 unspecified atom stereocenters. The molecule has 1 amide bonds. The standard InChI is InChI=1S/C8H7F3N4O/c9-8(10,11)6-4(1-2-5(12)16)3-14-7(13)15-6/h1-3H,(H2,12,16)(H2,13,14,15). The smallest absolute Gasteiger partial charge is 0.368 e. The highest BCUT2D eigenvalue weighted by Crippen LogP contribution is 2.30. The van der Waals surface area contributed by atoms with Gasteiger partial charge in [-0.15, -0.1) is 0 Å². The Bertz CT molecular complexity index is 441. The number of carbonyl (C=O) groups excluding carboxylic acids is 1. The summed E-state index contributed by atoms with van der Waals surface area (Å²) in [6.45, 7) is 0. The summed E-state index contributed by atoms with van der Waals surface area (Å²) < 4.78 is 37.4. The van der Waals surface area contributed by atoms with Crippen LogP contribution in [0.2, 0.25) is 0 Å². The molecule has 0 aliphatic rings. The van der Waals surface area contributed by atoms with Gasteiger partial charge in [0.15, 0.2) is 5.69 Å². The van der Waals surface area contributed by atoms with E-state index in [1.54, 1.807) is 0 Å². The molecule has 1 rings (SSSR count). The zero-order valence-corrected chi connectivity index (χ0v) is 7.82. The second-order valence-corrected chi connectivity index (χ2v) is 2.77. The highest BCUT2D eigenvalue weighted by Gasteiger charge is 2.35. The molecule has 1 heterocycles. The largest absolute Gasteiger partial charge is 0.434 e. The second kappa shape index (κ2) is 4.17. The van der Waals surface area contributed by atoms with Crippen LogP contribution < -0.4 is 11.5 Å². The molecule has 1 aromatic heterocycles. The van der Waals surface area contributed by atoms with Gasteiger partial charge in [-0.25, -0.2) is 9.97 Å². The van der Waals surface area contributed by atoms with E-state index in [2.05, 4.69) is 9.97 Å². The van der Waals surface area contributed by atoms with Crippen LogP contribution in [0.25, 0.3) is 6.08 Å². The Morgan fingerprint density at radius 1 is 1.44 bits per heavy atom. The first kappa shape index (κ1) is 12.0. The van der Waals surface area contributed by atoms with Gasteiger partial charge >= 0.3 is 6.18 Å². The third-order valence-electron chi connectivity index (χ3n) is 1.53. The number of hydrogen-bond acceptors (Lipinski definition) is 4. The lowest BCUT2D eigenvalue weighted by molar-refractivity contribution is -0.141. The summed E-state index contributed by atoms with van der Waals surface area (Å²) in [5.74, 6) is -1.37. The quantitative estimate of drug-likeness (QED) is 0.729. The van der Waals surface area contributed by atoms with E-state index in [0.29, 0.717) is 0 Å². The highest BCUT2D eigenvalue weighted by atomic mass is 19.4. The Balaban J connectivity index is 3.23. The molecule has 0 bridgehead atoms. The van der Waals surface area contributed by atoms with Crippen molar-refractivity contribution in [2.75, 3.05) is 5.73 Å². The number of amides is 1. The first-order chi connectivity index (χ1) is 7.30. The van der Waals surface area contributed by atoms with Crippen LogP contribution in [0.3, 0.4) is 0 Å². The van der Waals surface area contributed by atoms with Gasteiger partial charge in [0.1, 0.15) is 0 Å². The van der Waals surface area contributed by atoms with Crippen molar-refractivity contribution in [3.63, 3.8) is 0 Å². The summed E-state index contributed by atoms with van der Waals surface area (Å²) in [7, 11) is 0. The molecule has 16 heavy (non-hydrogen) atoms. The highest BCUT2D eigenvalue weighted by molar-refractivity contribution is 5.90. The lowest BCUT2D eigenvalue weighted by atomic mass is 10.2. The predicted octanol–water partition coefficient (Wildman–Crippen LogP) is 0.576. The van der Waals surface area contributed by atoms with Gasteiger partial charge in [-0.2, -0.15) is 13.2 Å². The van der Waals surface area contributed by atoms with E-state index in [1.807, 2.05) is 0 Å². The average molecular weight is 232 g/mol. The Labute approximate surface area is 88.0 Å². The molecule has 5 nitrogen and oxygen atoms in total. The number of primary amides is 1. The molecule has 8 heteroatoms. The lowest BCUT2D eigenvalue weighted by Crippen LogP contribution is -2.13. The summed E-state index contributed by atoms with van der Waals surface area (Å²) in [6, 6.07) is 0. The van der Waals surface area contributed by atoms with Crippen LogP contribution in [0.4, 0.5) is 19.1 Å². The fraction of sp³-hybridized carbons (Fsp3) is 0.125. The Kier molecular flexibility index (Phi) is 3.11. The van der Waals surface area contributed by atoms with Gasteiger partial charge in [-0.3, -0.25) is 4.79 Å². The monoisotopic (exact) mass is 232 g/mol. The molecule has 1 aromatic rings. The minimum absolute atomic E-state index is 0.375. The molecule has 86 valence electrons. The van der Waals surface area contributed by atoms with Gasteiger partial charge in [0.05, 0.1) is 0 Å². The first-order valence-electron chi connectivity index (χ1n) is 3.98. The van der Waals surface area contributed by atoms with Crippen LogP contribution in [0.5, 0.6) is 0 Å². The zero-order valence-electron chi connectivity index (χ0n) is 7.82. The molecule has 0 radical (unpaired) electrons. The summed E-state index contributed by atoms with van der Waals surface area (Å²) in [5, 5.41) is 0. The Hall–Kier alpha value is -2.12. The maximum Gasteiger partial charge on any atom is 0.434 e. The predicted molar refractivity (Wildman–Crippen MR) is 49.7 cm³/mol. The van der Waals surface area contributed by atoms with Gasteiger partial charge in [0, 0.05) is 17.8 Å². The molecule has 0 spiro atoms. The van der Waals surface area contributed by atoms with Gasteiger partial charge in [0.25, 0.3) is 0 Å². The van der Waals surface area contributed by atoms with E-state index in [0.717, 1.165) is 18.3 Å². The average Bonchev–Trinajstić information content (AvgIpc) is 2.14. The minimum Gasteiger partial charge on any atom is -0.368 e. The molecule has 4 N–H and O–H groups in total. The fourth-order valence-electron chi connectivity index (χ4n) is 0.926. The maximum absolute atomic E-state index is 12.5. The summed E-state index contributed by atoms with van der Waals surface area (Å²) in [4.78, 5) is 16.8. The molecule has 0 aliphatic carbocycles. The zero-order chi connectivity index (χ0) is 12.3. The number of aromatic nitrogens is 2. The Morgan fingerprint density at radius 3 is 2.56 bits per heavy atom. The second-order valence-electron chi connectivity index (χ2n) is 2.77. The molecular formula is C8H7F3N4O. The van der Waals surface area contributed by atoms with Crippen molar-refractivity contribution < 1.29 is 18.0 Å². The SMILES string of the molecule is NC(=O)C=Cc1cnc(N)nc1C(F)(F)F. The summed E-state index contributed by atoms with van der Waals surface area (Å²) in [5.41, 5.74) is 8.21. The van der Waals surface area contributed by atoms with Crippen LogP contribution in [0.1, 0.15) is 11.3 Å². The third kappa shape index (κ3) is 2.94. The molecule has 0 aromatic carbocycles. The fourth-order valence-corrected chi connectivity index (χ4v) is 0.926. The van der Waals surface area contributed by atoms with E-state index in [1.165, 1.54) is 0 Å². The molecule has 0 atom stereocenters. The van der Waals surface area contributed by atoms with Crippen molar-refractivity contribution in [2.24, 2.45) is 5.73 Å². The van der Waals surface area contributed by atoms with E-state index in [-0.39, 0.29) is 5.56 Å². The Morgan fingerprint density at radius 2 is 2.06 bits per heavy atom. The van der Waals surface area contributed by atoms with Crippen molar-refractivity contribution in [3.05, 3.63) is 23.5 Å². The van der Waals surface area contributed by atoms with E-state index in [4.69, 9.17) is 11.5 Å². The van der Waals surface area contributed by atoms with Crippen molar-refractivity contribution >= 4 is 17.9 Å². The lowest BCUT2D eigenvalue weighted by Gasteiger charge is -2.08. The van der Waals surface area contributed by atoms with Gasteiger partial charge in [-0.05, 0) is 6.08 Å². The number of halogens is 3. The van der Waals surface area contributed by atoms with Crippen LogP contribution in [-0.4, -0.2) is 15.9 Å². The first-order valence-corrected chi connectivity index (χ1v) is 3.98. The molecule has 0 fully saturated rings. The molecular weight excluding hydrogens is 225 g/mol. The van der Waals surface area contributed by atoms with Crippen molar-refractivity contribution in [1.29, 1.82) is 0 Å². The van der Waals surface area contributed by atoms with Crippen LogP contribution >= 0.6 is 0 Å². The third-order valence-corrected chi connectivity index (χ3v) is 1.53. The minimum atomic E-state index is -4.67. The number of rotatable bonds is 2. The van der Waals surface area contributed by atoms with Crippen LogP contribution in [0, 0.1) is 0 Å². The number of nitrogens with zero attached hydrogens (tertiary/aromatic N) is 2. The number of nitrogens with two attached hydrogens (primary N) is 2. The maximum atomic E-state index is 12.5. The van der Waals surface area contributed by atoms with E-state index >= 15 is 0 Å². The van der Waals surface area contributed by atoms with Crippen LogP contribution in [0.15, 0.2) is 12.3 Å². The number of nitrogen functional groups attached to an aromatic ring is 1. The molecule has 0 saturated heterocycles. The number of hydrogen-bond donors (Lipinski definition) is 2. The van der Waals surface area contributed by atoms with Gasteiger partial charge < -0.3 is 11.5 Å². The normalized spacial score (nSPS) is 11.9. The number of carbonyl (C=O) groups is 1. The summed E-state index contributed by atoms with van der Waals surface area (Å²) in [6.07, 6.45) is -2.15. The number of anilines is 1. The molecule has 0 saturated carbocycles. The van der Waals surface area contributed by atoms with Gasteiger partial charge in [0.2, 0.25) is 11.9 Å². The van der Waals surface area contributed by atoms with Crippen molar-refractivity contribution in [1.82, 2.24) is 9.97 Å².